The van der Waals surface area contributed by atoms with Crippen molar-refractivity contribution in [2.24, 2.45) is 17.1 Å². The number of aliphatic carboxylic acids is 1. The number of nitrogens with one attached hydrogen (secondary N) is 1. The minimum Gasteiger partial charge on any atom is -0.481 e. The predicted molar refractivity (Wildman–Crippen MR) is 66.8 cm³/mol. The summed E-state index contributed by atoms with van der Waals surface area (Å²) < 4.78 is 0. The van der Waals surface area contributed by atoms with Gasteiger partial charge in [0.25, 0.3) is 0 Å². The summed E-state index contributed by atoms with van der Waals surface area (Å²) in [6, 6.07) is -0.116. The number of hydrogen-bond acceptors (Lipinski definition) is 3. The van der Waals surface area contributed by atoms with Gasteiger partial charge in [-0.1, -0.05) is 6.42 Å². The number of carboxylic acids is 1. The van der Waals surface area contributed by atoms with Crippen molar-refractivity contribution in [3.05, 3.63) is 0 Å². The van der Waals surface area contributed by atoms with Crippen LogP contribution in [0.5, 0.6) is 0 Å². The smallest absolute Gasteiger partial charge is 0.311 e. The summed E-state index contributed by atoms with van der Waals surface area (Å²) >= 11 is 0. The molecule has 102 valence electrons. The normalized spacial score (nSPS) is 39.8. The summed E-state index contributed by atoms with van der Waals surface area (Å²) in [5.74, 6) is -0.852. The van der Waals surface area contributed by atoms with Crippen LogP contribution in [0.1, 0.15) is 45.4 Å². The largest absolute Gasteiger partial charge is 0.481 e. The fourth-order valence-corrected chi connectivity index (χ4v) is 3.20. The van der Waals surface area contributed by atoms with Crippen LogP contribution in [0, 0.1) is 11.3 Å². The molecule has 0 aromatic carbocycles. The zero-order valence-electron chi connectivity index (χ0n) is 10.8. The van der Waals surface area contributed by atoms with E-state index in [0.717, 1.165) is 32.1 Å². The van der Waals surface area contributed by atoms with Crippen molar-refractivity contribution < 1.29 is 14.7 Å². The van der Waals surface area contributed by atoms with Crippen LogP contribution in [0.15, 0.2) is 0 Å². The highest BCUT2D eigenvalue weighted by Crippen LogP contribution is 2.38. The van der Waals surface area contributed by atoms with E-state index >= 15 is 0 Å². The number of carbonyl (C=O) groups excluding carboxylic acids is 1. The molecule has 2 fully saturated rings. The molecule has 5 heteroatoms. The van der Waals surface area contributed by atoms with Gasteiger partial charge in [-0.15, -0.1) is 0 Å². The first-order chi connectivity index (χ1) is 8.43. The molecule has 2 saturated carbocycles. The molecule has 2 aliphatic rings. The van der Waals surface area contributed by atoms with E-state index in [4.69, 9.17) is 5.73 Å². The van der Waals surface area contributed by atoms with E-state index in [-0.39, 0.29) is 23.9 Å². The van der Waals surface area contributed by atoms with Crippen LogP contribution in [-0.4, -0.2) is 29.1 Å². The van der Waals surface area contributed by atoms with Gasteiger partial charge in [-0.05, 0) is 39.0 Å². The van der Waals surface area contributed by atoms with Crippen molar-refractivity contribution in [3.8, 4) is 0 Å². The molecule has 0 aromatic heterocycles. The minimum absolute atomic E-state index is 0.0117. The molecular weight excluding hydrogens is 232 g/mol. The lowest BCUT2D eigenvalue weighted by Crippen LogP contribution is -2.48. The van der Waals surface area contributed by atoms with Gasteiger partial charge >= 0.3 is 5.97 Å². The predicted octanol–water partition coefficient (Wildman–Crippen LogP) is 0.873. The quantitative estimate of drug-likeness (QED) is 0.697. The Morgan fingerprint density at radius 2 is 2.06 bits per heavy atom. The second-order valence-corrected chi connectivity index (χ2v) is 5.95. The first-order valence-electron chi connectivity index (χ1n) is 6.73. The number of hydrogen-bond donors (Lipinski definition) is 3. The van der Waals surface area contributed by atoms with Gasteiger partial charge in [-0.25, -0.2) is 0 Å². The van der Waals surface area contributed by atoms with Crippen molar-refractivity contribution in [1.29, 1.82) is 0 Å². The van der Waals surface area contributed by atoms with E-state index in [0.29, 0.717) is 6.42 Å². The molecule has 2 aliphatic carbocycles. The van der Waals surface area contributed by atoms with Crippen LogP contribution in [0.2, 0.25) is 0 Å². The van der Waals surface area contributed by atoms with Crippen LogP contribution in [0.3, 0.4) is 0 Å². The number of carbonyl (C=O) groups is 2. The van der Waals surface area contributed by atoms with Gasteiger partial charge in [-0.2, -0.15) is 0 Å². The average Bonchev–Trinajstić information content (AvgIpc) is 2.87. The summed E-state index contributed by atoms with van der Waals surface area (Å²) in [5, 5.41) is 12.2. The van der Waals surface area contributed by atoms with Gasteiger partial charge in [0.15, 0.2) is 0 Å². The van der Waals surface area contributed by atoms with Crippen LogP contribution >= 0.6 is 0 Å². The molecule has 1 amide bonds. The third kappa shape index (κ3) is 2.36. The Hall–Kier alpha value is -1.10. The Morgan fingerprint density at radius 3 is 2.61 bits per heavy atom. The fraction of sp³-hybridized carbons (Fsp3) is 0.846. The molecule has 0 radical (unpaired) electrons. The molecule has 5 nitrogen and oxygen atoms in total. The number of rotatable bonds is 3. The Bertz CT molecular complexity index is 358. The van der Waals surface area contributed by atoms with Crippen molar-refractivity contribution in [2.45, 2.75) is 57.5 Å². The lowest BCUT2D eigenvalue weighted by Gasteiger charge is -2.28. The summed E-state index contributed by atoms with van der Waals surface area (Å²) in [4.78, 5) is 23.4. The van der Waals surface area contributed by atoms with Crippen LogP contribution in [0.4, 0.5) is 0 Å². The highest BCUT2D eigenvalue weighted by Gasteiger charge is 2.46. The molecular formula is C13H22N2O3. The number of amides is 1. The highest BCUT2D eigenvalue weighted by molar-refractivity contribution is 5.82. The molecule has 4 unspecified atom stereocenters. The van der Waals surface area contributed by atoms with Crippen molar-refractivity contribution in [2.75, 3.05) is 0 Å². The maximum atomic E-state index is 12.1. The van der Waals surface area contributed by atoms with Gasteiger partial charge in [0, 0.05) is 18.0 Å². The topological polar surface area (TPSA) is 92.4 Å². The molecule has 4 atom stereocenters. The first kappa shape index (κ1) is 13.3. The summed E-state index contributed by atoms with van der Waals surface area (Å²) in [6.07, 6.45) is 4.69. The van der Waals surface area contributed by atoms with Gasteiger partial charge < -0.3 is 16.2 Å². The second-order valence-electron chi connectivity index (χ2n) is 5.95. The standard InChI is InChI=1S/C13H22N2O3/c1-13(12(17)18)6-2-3-10(13)15-11(16)8-4-5-9(14)7-8/h8-10H,2-7,14H2,1H3,(H,15,16)(H,17,18). The summed E-state index contributed by atoms with van der Waals surface area (Å²) in [6.45, 7) is 1.73. The van der Waals surface area contributed by atoms with E-state index in [2.05, 4.69) is 5.32 Å². The van der Waals surface area contributed by atoms with E-state index in [1.54, 1.807) is 6.92 Å². The zero-order chi connectivity index (χ0) is 13.3. The van der Waals surface area contributed by atoms with Gasteiger partial charge in [-0.3, -0.25) is 9.59 Å². The van der Waals surface area contributed by atoms with E-state index in [9.17, 15) is 14.7 Å². The van der Waals surface area contributed by atoms with Crippen LogP contribution in [-0.2, 0) is 9.59 Å². The molecule has 2 rings (SSSR count). The highest BCUT2D eigenvalue weighted by atomic mass is 16.4. The Labute approximate surface area is 107 Å². The molecule has 0 spiro atoms. The average molecular weight is 254 g/mol. The zero-order valence-corrected chi connectivity index (χ0v) is 10.8. The Kier molecular flexibility index (Phi) is 3.61. The summed E-state index contributed by atoms with van der Waals surface area (Å²) in [5.41, 5.74) is 4.99. The van der Waals surface area contributed by atoms with E-state index in [1.165, 1.54) is 0 Å². The Morgan fingerprint density at radius 1 is 1.33 bits per heavy atom. The molecule has 0 aromatic rings. The minimum atomic E-state index is -0.812. The van der Waals surface area contributed by atoms with Crippen molar-refractivity contribution in [3.63, 3.8) is 0 Å². The third-order valence-corrected chi connectivity index (χ3v) is 4.61. The molecule has 4 N–H and O–H groups in total. The molecule has 0 aliphatic heterocycles. The third-order valence-electron chi connectivity index (χ3n) is 4.61. The van der Waals surface area contributed by atoms with Crippen molar-refractivity contribution >= 4 is 11.9 Å². The van der Waals surface area contributed by atoms with Gasteiger partial charge in [0.1, 0.15) is 0 Å². The lowest BCUT2D eigenvalue weighted by atomic mass is 9.84. The molecule has 0 heterocycles. The van der Waals surface area contributed by atoms with E-state index < -0.39 is 11.4 Å². The molecule has 0 saturated heterocycles. The number of carboxylic acid groups (broad SMARTS) is 1. The summed E-state index contributed by atoms with van der Waals surface area (Å²) in [7, 11) is 0. The van der Waals surface area contributed by atoms with Gasteiger partial charge in [0.05, 0.1) is 5.41 Å². The van der Waals surface area contributed by atoms with Gasteiger partial charge in [0.2, 0.25) is 5.91 Å². The maximum Gasteiger partial charge on any atom is 0.311 e. The van der Waals surface area contributed by atoms with Crippen molar-refractivity contribution in [1.82, 2.24) is 5.32 Å². The lowest BCUT2D eigenvalue weighted by molar-refractivity contribution is -0.149. The molecule has 18 heavy (non-hydrogen) atoms. The van der Waals surface area contributed by atoms with Crippen LogP contribution < -0.4 is 11.1 Å². The fourth-order valence-electron chi connectivity index (χ4n) is 3.20. The van der Waals surface area contributed by atoms with Crippen LogP contribution in [0.25, 0.3) is 0 Å². The first-order valence-corrected chi connectivity index (χ1v) is 6.73. The Balaban J connectivity index is 1.96. The number of nitrogens with two attached hydrogens (primary N) is 1. The second kappa shape index (κ2) is 4.88. The maximum absolute atomic E-state index is 12.1. The molecule has 0 bridgehead atoms. The SMILES string of the molecule is CC1(C(=O)O)CCCC1NC(=O)C1CCC(N)C1. The van der Waals surface area contributed by atoms with E-state index in [1.807, 2.05) is 0 Å². The monoisotopic (exact) mass is 254 g/mol.